The minimum absolute atomic E-state index is 0.0209. The topological polar surface area (TPSA) is 133 Å². The zero-order valence-electron chi connectivity index (χ0n) is 19.2. The molecule has 0 aliphatic rings. The molecule has 0 aliphatic carbocycles. The van der Waals surface area contributed by atoms with Crippen LogP contribution in [-0.4, -0.2) is 54.7 Å². The number of carbonyl (C=O) groups excluding carboxylic acids is 1. The number of hydrogen-bond acceptors (Lipinski definition) is 8. The molecule has 3 aromatic heterocycles. The van der Waals surface area contributed by atoms with Crippen molar-refractivity contribution in [3.63, 3.8) is 0 Å². The maximum absolute atomic E-state index is 15.1. The number of rotatable bonds is 8. The summed E-state index contributed by atoms with van der Waals surface area (Å²) in [5.74, 6) is -6.31. The van der Waals surface area contributed by atoms with Crippen LogP contribution in [-0.2, 0) is 13.2 Å². The molecule has 3 rings (SSSR count). The van der Waals surface area contributed by atoms with E-state index in [4.69, 9.17) is 21.1 Å². The van der Waals surface area contributed by atoms with Crippen LogP contribution in [0.15, 0.2) is 17.1 Å². The van der Waals surface area contributed by atoms with Crippen molar-refractivity contribution in [1.82, 2.24) is 24.3 Å². The predicted molar refractivity (Wildman–Crippen MR) is 117 cm³/mol. The molecule has 0 bridgehead atoms. The van der Waals surface area contributed by atoms with Crippen LogP contribution in [0, 0.1) is 11.6 Å². The Kier molecular flexibility index (Phi) is 8.02. The first kappa shape index (κ1) is 27.8. The molecule has 1 amide bonds. The van der Waals surface area contributed by atoms with E-state index in [1.54, 1.807) is 0 Å². The van der Waals surface area contributed by atoms with Crippen molar-refractivity contribution in [2.24, 2.45) is 0 Å². The summed E-state index contributed by atoms with van der Waals surface area (Å²) in [5, 5.41) is 14.6. The molecule has 3 aromatic rings. The number of ether oxygens (including phenoxy) is 2. The number of alkyl halides is 3. The summed E-state index contributed by atoms with van der Waals surface area (Å²) < 4.78 is 79.9. The summed E-state index contributed by atoms with van der Waals surface area (Å²) in [4.78, 5) is 32.6. The van der Waals surface area contributed by atoms with Gasteiger partial charge in [0.25, 0.3) is 5.91 Å². The Labute approximate surface area is 209 Å². The van der Waals surface area contributed by atoms with Crippen LogP contribution in [0.25, 0.3) is 5.82 Å². The highest BCUT2D eigenvalue weighted by atomic mass is 35.5. The summed E-state index contributed by atoms with van der Waals surface area (Å²) in [5.41, 5.74) is -2.53. The van der Waals surface area contributed by atoms with E-state index in [1.165, 1.54) is 6.92 Å². The molecular formula is C20H18ClF5N6O5. The van der Waals surface area contributed by atoms with E-state index >= 15 is 4.39 Å². The molecule has 0 spiro atoms. The van der Waals surface area contributed by atoms with Crippen molar-refractivity contribution in [2.75, 3.05) is 12.4 Å². The SMILES string of the molecule is CCn1c(CO)nn(-c2nc(OC(C)C(F)(F)F)c(C(=O)Nc3c(F)cnc(OC)c3Cl)cc2F)c1=O. The zero-order valence-corrected chi connectivity index (χ0v) is 20.0. The van der Waals surface area contributed by atoms with Crippen LogP contribution in [0.5, 0.6) is 11.8 Å². The van der Waals surface area contributed by atoms with Gasteiger partial charge in [-0.25, -0.2) is 18.6 Å². The van der Waals surface area contributed by atoms with Gasteiger partial charge < -0.3 is 19.9 Å². The van der Waals surface area contributed by atoms with E-state index in [9.17, 15) is 32.3 Å². The number of pyridine rings is 2. The summed E-state index contributed by atoms with van der Waals surface area (Å²) >= 11 is 5.95. The molecule has 37 heavy (non-hydrogen) atoms. The number of anilines is 1. The Morgan fingerprint density at radius 1 is 1.27 bits per heavy atom. The molecule has 0 aromatic carbocycles. The molecule has 2 N–H and O–H groups in total. The summed E-state index contributed by atoms with van der Waals surface area (Å²) in [7, 11) is 1.16. The van der Waals surface area contributed by atoms with Gasteiger partial charge in [0, 0.05) is 6.54 Å². The largest absolute Gasteiger partial charge is 0.480 e. The number of aliphatic hydroxyl groups excluding tert-OH is 1. The first-order valence-electron chi connectivity index (χ1n) is 10.3. The van der Waals surface area contributed by atoms with Crippen molar-refractivity contribution in [3.05, 3.63) is 50.8 Å². The third-order valence-electron chi connectivity index (χ3n) is 4.89. The van der Waals surface area contributed by atoms with Crippen LogP contribution in [0.4, 0.5) is 27.6 Å². The summed E-state index contributed by atoms with van der Waals surface area (Å²) in [6.45, 7) is 1.43. The van der Waals surface area contributed by atoms with Gasteiger partial charge in [-0.05, 0) is 19.9 Å². The number of nitrogens with zero attached hydrogens (tertiary/aromatic N) is 5. The molecule has 11 nitrogen and oxygen atoms in total. The molecule has 3 heterocycles. The van der Waals surface area contributed by atoms with Crippen LogP contribution in [0.1, 0.15) is 30.0 Å². The van der Waals surface area contributed by atoms with Crippen LogP contribution in [0.2, 0.25) is 5.02 Å². The third kappa shape index (κ3) is 5.48. The zero-order chi connectivity index (χ0) is 27.7. The molecule has 17 heteroatoms. The van der Waals surface area contributed by atoms with Gasteiger partial charge in [0.2, 0.25) is 11.8 Å². The summed E-state index contributed by atoms with van der Waals surface area (Å²) in [6, 6.07) is 0.427. The molecule has 0 fully saturated rings. The van der Waals surface area contributed by atoms with Gasteiger partial charge in [0.15, 0.2) is 29.4 Å². The Morgan fingerprint density at radius 3 is 2.49 bits per heavy atom. The number of carbonyl (C=O) groups is 1. The molecule has 0 saturated heterocycles. The first-order chi connectivity index (χ1) is 17.3. The Bertz CT molecular complexity index is 1390. The predicted octanol–water partition coefficient (Wildman–Crippen LogP) is 2.86. The Morgan fingerprint density at radius 2 is 1.95 bits per heavy atom. The van der Waals surface area contributed by atoms with Crippen molar-refractivity contribution in [2.45, 2.75) is 39.3 Å². The Hall–Kier alpha value is -3.79. The Balaban J connectivity index is 2.16. The van der Waals surface area contributed by atoms with E-state index in [1.807, 2.05) is 5.32 Å². The first-order valence-corrected chi connectivity index (χ1v) is 10.6. The van der Waals surface area contributed by atoms with Crippen LogP contribution in [0.3, 0.4) is 0 Å². The quantitative estimate of drug-likeness (QED) is 0.408. The second kappa shape index (κ2) is 10.7. The molecule has 0 radical (unpaired) electrons. The van der Waals surface area contributed by atoms with Gasteiger partial charge in [-0.3, -0.25) is 9.36 Å². The lowest BCUT2D eigenvalue weighted by Crippen LogP contribution is -2.33. The number of aliphatic hydroxyl groups is 1. The minimum atomic E-state index is -4.93. The van der Waals surface area contributed by atoms with Gasteiger partial charge >= 0.3 is 11.9 Å². The fourth-order valence-electron chi connectivity index (χ4n) is 2.99. The van der Waals surface area contributed by atoms with Crippen molar-refractivity contribution in [1.29, 1.82) is 0 Å². The lowest BCUT2D eigenvalue weighted by atomic mass is 10.2. The van der Waals surface area contributed by atoms with Gasteiger partial charge in [-0.2, -0.15) is 22.8 Å². The minimum Gasteiger partial charge on any atom is -0.480 e. The molecule has 1 unspecified atom stereocenters. The highest BCUT2D eigenvalue weighted by Crippen LogP contribution is 2.34. The second-order valence-electron chi connectivity index (χ2n) is 7.22. The van der Waals surface area contributed by atoms with Crippen LogP contribution < -0.4 is 20.5 Å². The van der Waals surface area contributed by atoms with Crippen molar-refractivity contribution in [3.8, 4) is 17.6 Å². The standard InChI is InChI=1S/C20H18ClF5N6O5/c1-4-31-12(7-33)30-32(19(31)35)15-10(22)5-9(17(29-15)37-8(2)20(24,25)26)16(34)28-14-11(23)6-27-18(36-3)13(14)21/h5-6,8,33H,4,7H2,1-3H3,(H,27,28,34). The maximum Gasteiger partial charge on any atom is 0.425 e. The number of hydrogen-bond donors (Lipinski definition) is 2. The average Bonchev–Trinajstić information content (AvgIpc) is 3.16. The summed E-state index contributed by atoms with van der Waals surface area (Å²) in [6.07, 6.45) is -6.81. The fraction of sp³-hybridized carbons (Fsp3) is 0.350. The lowest BCUT2D eigenvalue weighted by Gasteiger charge is -2.19. The molecule has 200 valence electrons. The highest BCUT2D eigenvalue weighted by Gasteiger charge is 2.39. The molecule has 1 atom stereocenters. The van der Waals surface area contributed by atoms with E-state index in [2.05, 4.69) is 15.1 Å². The molecular weight excluding hydrogens is 535 g/mol. The van der Waals surface area contributed by atoms with E-state index in [0.717, 1.165) is 11.7 Å². The normalized spacial score (nSPS) is 12.4. The maximum atomic E-state index is 15.1. The number of halogens is 6. The van der Waals surface area contributed by atoms with Gasteiger partial charge in [0.05, 0.1) is 13.3 Å². The van der Waals surface area contributed by atoms with Gasteiger partial charge in [-0.15, -0.1) is 5.10 Å². The van der Waals surface area contributed by atoms with E-state index in [0.29, 0.717) is 23.9 Å². The second-order valence-corrected chi connectivity index (χ2v) is 7.60. The number of methoxy groups -OCH3 is 1. The van der Waals surface area contributed by atoms with E-state index in [-0.39, 0.29) is 18.2 Å². The van der Waals surface area contributed by atoms with Crippen LogP contribution >= 0.6 is 11.6 Å². The van der Waals surface area contributed by atoms with Crippen molar-refractivity contribution < 1.29 is 41.3 Å². The van der Waals surface area contributed by atoms with Gasteiger partial charge in [-0.1, -0.05) is 11.6 Å². The number of amides is 1. The molecule has 0 saturated carbocycles. The third-order valence-corrected chi connectivity index (χ3v) is 5.24. The monoisotopic (exact) mass is 552 g/mol. The number of nitrogens with one attached hydrogen (secondary N) is 1. The van der Waals surface area contributed by atoms with Crippen molar-refractivity contribution >= 4 is 23.2 Å². The smallest absolute Gasteiger partial charge is 0.425 e. The van der Waals surface area contributed by atoms with E-state index < -0.39 is 70.1 Å². The number of aromatic nitrogens is 5. The molecule has 0 aliphatic heterocycles. The lowest BCUT2D eigenvalue weighted by molar-refractivity contribution is -0.190. The highest BCUT2D eigenvalue weighted by molar-refractivity contribution is 6.35. The fourth-order valence-corrected chi connectivity index (χ4v) is 3.26. The average molecular weight is 553 g/mol. The van der Waals surface area contributed by atoms with Gasteiger partial charge in [0.1, 0.15) is 22.9 Å².